The number of nitrogens with zero attached hydrogens (tertiary/aromatic N) is 4. The van der Waals surface area contributed by atoms with Gasteiger partial charge in [0.15, 0.2) is 0 Å². The van der Waals surface area contributed by atoms with E-state index in [1.54, 1.807) is 29.9 Å². The normalized spacial score (nSPS) is 14.8. The number of benzene rings is 1. The van der Waals surface area contributed by atoms with Crippen molar-refractivity contribution in [1.29, 1.82) is 0 Å². The van der Waals surface area contributed by atoms with Crippen LogP contribution in [0.2, 0.25) is 0 Å². The quantitative estimate of drug-likeness (QED) is 0.572. The number of anilines is 2. The first kappa shape index (κ1) is 16.3. The van der Waals surface area contributed by atoms with Gasteiger partial charge in [0.1, 0.15) is 5.82 Å². The van der Waals surface area contributed by atoms with E-state index in [4.69, 9.17) is 0 Å². The molecule has 1 aliphatic carbocycles. The van der Waals surface area contributed by atoms with Crippen LogP contribution < -0.4 is 11.0 Å². The van der Waals surface area contributed by atoms with E-state index >= 15 is 0 Å². The van der Waals surface area contributed by atoms with Crippen LogP contribution in [0.5, 0.6) is 0 Å². The predicted molar refractivity (Wildman–Crippen MR) is 98.9 cm³/mol. The molecule has 3 aromatic rings. The van der Waals surface area contributed by atoms with Crippen molar-refractivity contribution >= 4 is 28.2 Å². The smallest absolute Gasteiger partial charge is 0.329 e. The van der Waals surface area contributed by atoms with Crippen LogP contribution in [0.15, 0.2) is 41.3 Å². The number of hydrogen-bond acceptors (Lipinski definition) is 5. The molecule has 1 aromatic carbocycles. The number of pyridine rings is 1. The van der Waals surface area contributed by atoms with E-state index in [9.17, 15) is 14.9 Å². The minimum Gasteiger partial charge on any atom is -0.340 e. The zero-order valence-corrected chi connectivity index (χ0v) is 14.4. The molecule has 0 bridgehead atoms. The van der Waals surface area contributed by atoms with Crippen molar-refractivity contribution in [3.05, 3.63) is 57.1 Å². The Balaban J connectivity index is 1.75. The van der Waals surface area contributed by atoms with Gasteiger partial charge in [0.25, 0.3) is 5.69 Å². The molecule has 0 aliphatic heterocycles. The largest absolute Gasteiger partial charge is 0.340 e. The molecule has 1 aliphatic rings. The standard InChI is InChI=1S/C18H19N5O3/c1-21-16-11-19-17(20-12-5-4-8-14(9-12)23(25)26)10-15(16)22(18(21)24)13-6-2-3-7-13/h4-5,8-11,13H,2-3,6-7H2,1H3,(H,19,20). The van der Waals surface area contributed by atoms with Gasteiger partial charge in [-0.3, -0.25) is 19.2 Å². The summed E-state index contributed by atoms with van der Waals surface area (Å²) in [5.41, 5.74) is 2.19. The summed E-state index contributed by atoms with van der Waals surface area (Å²) in [5.74, 6) is 0.551. The Morgan fingerprint density at radius 3 is 2.73 bits per heavy atom. The van der Waals surface area contributed by atoms with Crippen LogP contribution in [0.3, 0.4) is 0 Å². The first-order valence-electron chi connectivity index (χ1n) is 8.63. The van der Waals surface area contributed by atoms with Crippen molar-refractivity contribution in [1.82, 2.24) is 14.1 Å². The van der Waals surface area contributed by atoms with Crippen LogP contribution in [0.25, 0.3) is 11.0 Å². The summed E-state index contributed by atoms with van der Waals surface area (Å²) < 4.78 is 3.49. The average Bonchev–Trinajstić information content (AvgIpc) is 3.23. The number of non-ortho nitro benzene ring substituents is 1. The lowest BCUT2D eigenvalue weighted by molar-refractivity contribution is -0.384. The maximum atomic E-state index is 12.7. The minimum absolute atomic E-state index is 0.0126. The van der Waals surface area contributed by atoms with Crippen molar-refractivity contribution < 1.29 is 4.92 Å². The highest BCUT2D eigenvalue weighted by Crippen LogP contribution is 2.31. The van der Waals surface area contributed by atoms with Gasteiger partial charge in [0.05, 0.1) is 22.2 Å². The summed E-state index contributed by atoms with van der Waals surface area (Å²) in [7, 11) is 1.76. The minimum atomic E-state index is -0.434. The lowest BCUT2D eigenvalue weighted by atomic mass is 10.2. The fourth-order valence-electron chi connectivity index (χ4n) is 3.69. The van der Waals surface area contributed by atoms with Crippen LogP contribution in [-0.2, 0) is 7.05 Å². The van der Waals surface area contributed by atoms with Crippen molar-refractivity contribution in [2.24, 2.45) is 7.05 Å². The second-order valence-corrected chi connectivity index (χ2v) is 6.64. The number of fused-ring (bicyclic) bond motifs is 1. The average molecular weight is 353 g/mol. The lowest BCUT2D eigenvalue weighted by Crippen LogP contribution is -2.24. The topological polar surface area (TPSA) is 95.0 Å². The first-order valence-corrected chi connectivity index (χ1v) is 8.63. The number of rotatable bonds is 4. The third kappa shape index (κ3) is 2.73. The van der Waals surface area contributed by atoms with E-state index in [2.05, 4.69) is 10.3 Å². The summed E-state index contributed by atoms with van der Waals surface area (Å²) in [6, 6.07) is 8.33. The molecular weight excluding hydrogens is 334 g/mol. The van der Waals surface area contributed by atoms with Gasteiger partial charge in [-0.2, -0.15) is 0 Å². The van der Waals surface area contributed by atoms with Crippen LogP contribution in [0.4, 0.5) is 17.2 Å². The summed E-state index contributed by atoms with van der Waals surface area (Å²) in [6.07, 6.45) is 5.96. The van der Waals surface area contributed by atoms with Crippen molar-refractivity contribution in [3.63, 3.8) is 0 Å². The van der Waals surface area contributed by atoms with Gasteiger partial charge in [0, 0.05) is 37.0 Å². The number of aromatic nitrogens is 3. The van der Waals surface area contributed by atoms with Crippen LogP contribution in [-0.4, -0.2) is 19.0 Å². The van der Waals surface area contributed by atoms with Crippen molar-refractivity contribution in [2.45, 2.75) is 31.7 Å². The van der Waals surface area contributed by atoms with Gasteiger partial charge < -0.3 is 5.32 Å². The fourth-order valence-corrected chi connectivity index (χ4v) is 3.69. The van der Waals surface area contributed by atoms with Crippen LogP contribution in [0, 0.1) is 10.1 Å². The molecule has 8 heteroatoms. The molecule has 0 spiro atoms. The van der Waals surface area contributed by atoms with Gasteiger partial charge in [0.2, 0.25) is 0 Å². The lowest BCUT2D eigenvalue weighted by Gasteiger charge is -2.12. The molecule has 26 heavy (non-hydrogen) atoms. The first-order chi connectivity index (χ1) is 12.5. The van der Waals surface area contributed by atoms with Gasteiger partial charge in [-0.05, 0) is 18.9 Å². The van der Waals surface area contributed by atoms with E-state index in [0.717, 1.165) is 36.7 Å². The molecule has 2 aromatic heterocycles. The zero-order chi connectivity index (χ0) is 18.3. The summed E-state index contributed by atoms with van der Waals surface area (Å²) in [4.78, 5) is 27.5. The fraction of sp³-hybridized carbons (Fsp3) is 0.333. The molecule has 1 fully saturated rings. The molecule has 0 radical (unpaired) electrons. The molecule has 4 rings (SSSR count). The van der Waals surface area contributed by atoms with Gasteiger partial charge in [-0.25, -0.2) is 9.78 Å². The molecule has 1 N–H and O–H groups in total. The van der Waals surface area contributed by atoms with Crippen LogP contribution in [0.1, 0.15) is 31.7 Å². The Morgan fingerprint density at radius 1 is 1.23 bits per heavy atom. The maximum Gasteiger partial charge on any atom is 0.329 e. The summed E-state index contributed by atoms with van der Waals surface area (Å²) in [5, 5.41) is 14.0. The van der Waals surface area contributed by atoms with E-state index in [1.807, 2.05) is 10.6 Å². The third-order valence-corrected chi connectivity index (χ3v) is 4.99. The predicted octanol–water partition coefficient (Wildman–Crippen LogP) is 3.50. The molecule has 0 saturated heterocycles. The van der Waals surface area contributed by atoms with E-state index in [0.29, 0.717) is 11.5 Å². The second kappa shape index (κ2) is 6.29. The number of aryl methyl sites for hydroxylation is 1. The number of imidazole rings is 1. The molecular formula is C18H19N5O3. The molecule has 0 unspecified atom stereocenters. The number of nitro benzene ring substituents is 1. The monoisotopic (exact) mass is 353 g/mol. The number of nitrogens with one attached hydrogen (secondary N) is 1. The molecule has 1 saturated carbocycles. The van der Waals surface area contributed by atoms with Crippen LogP contribution >= 0.6 is 0 Å². The molecule has 2 heterocycles. The second-order valence-electron chi connectivity index (χ2n) is 6.64. The highest BCUT2D eigenvalue weighted by molar-refractivity contribution is 5.79. The van der Waals surface area contributed by atoms with Gasteiger partial charge in [-0.1, -0.05) is 18.9 Å². The van der Waals surface area contributed by atoms with E-state index in [1.165, 1.54) is 12.1 Å². The maximum absolute atomic E-state index is 12.7. The van der Waals surface area contributed by atoms with Crippen molar-refractivity contribution in [2.75, 3.05) is 5.32 Å². The Bertz CT molecular complexity index is 1050. The molecule has 0 amide bonds. The Labute approximate surface area is 149 Å². The number of hydrogen-bond donors (Lipinski definition) is 1. The van der Waals surface area contributed by atoms with E-state index in [-0.39, 0.29) is 17.4 Å². The SMILES string of the molecule is Cn1c(=O)n(C2CCCC2)c2cc(Nc3cccc([N+](=O)[O-])c3)ncc21. The summed E-state index contributed by atoms with van der Waals surface area (Å²) in [6.45, 7) is 0. The molecule has 134 valence electrons. The Hall–Kier alpha value is -3.16. The number of nitro groups is 1. The Kier molecular flexibility index (Phi) is 3.95. The molecule has 0 atom stereocenters. The summed E-state index contributed by atoms with van der Waals surface area (Å²) >= 11 is 0. The van der Waals surface area contributed by atoms with Gasteiger partial charge in [-0.15, -0.1) is 0 Å². The van der Waals surface area contributed by atoms with Crippen molar-refractivity contribution in [3.8, 4) is 0 Å². The van der Waals surface area contributed by atoms with E-state index < -0.39 is 4.92 Å². The highest BCUT2D eigenvalue weighted by Gasteiger charge is 2.23. The van der Waals surface area contributed by atoms with Gasteiger partial charge >= 0.3 is 5.69 Å². The zero-order valence-electron chi connectivity index (χ0n) is 14.4. The highest BCUT2D eigenvalue weighted by atomic mass is 16.6. The molecule has 8 nitrogen and oxygen atoms in total. The third-order valence-electron chi connectivity index (χ3n) is 4.99. The Morgan fingerprint density at radius 2 is 2.00 bits per heavy atom.